The van der Waals surface area contributed by atoms with Crippen LogP contribution in [0.1, 0.15) is 9.67 Å². The van der Waals surface area contributed by atoms with Gasteiger partial charge in [0.05, 0.1) is 14.4 Å². The molecular weight excluding hydrogens is 435 g/mol. The lowest BCUT2D eigenvalue weighted by Crippen LogP contribution is -2.48. The van der Waals surface area contributed by atoms with Crippen LogP contribution in [0.3, 0.4) is 0 Å². The van der Waals surface area contributed by atoms with Crippen molar-refractivity contribution in [3.63, 3.8) is 0 Å². The number of hydrogen-bond acceptors (Lipinski definition) is 3. The van der Waals surface area contributed by atoms with Crippen molar-refractivity contribution in [2.45, 2.75) is 0 Å². The first kappa shape index (κ1) is 16.0. The highest BCUT2D eigenvalue weighted by Gasteiger charge is 2.25. The fourth-order valence-electron chi connectivity index (χ4n) is 2.47. The predicted octanol–water partition coefficient (Wildman–Crippen LogP) is 4.37. The first-order chi connectivity index (χ1) is 10.6. The molecule has 22 heavy (non-hydrogen) atoms. The molecule has 1 aliphatic heterocycles. The Morgan fingerprint density at radius 2 is 1.82 bits per heavy atom. The van der Waals surface area contributed by atoms with E-state index in [1.807, 2.05) is 21.9 Å². The molecule has 1 saturated heterocycles. The number of para-hydroxylation sites is 1. The van der Waals surface area contributed by atoms with E-state index in [4.69, 9.17) is 0 Å². The Labute approximate surface area is 149 Å². The Hall–Kier alpha value is -0.920. The Morgan fingerprint density at radius 1 is 1.14 bits per heavy atom. The summed E-state index contributed by atoms with van der Waals surface area (Å²) >= 11 is 8.23. The summed E-state index contributed by atoms with van der Waals surface area (Å²) < 4.78 is 15.6. The Bertz CT molecular complexity index is 679. The zero-order chi connectivity index (χ0) is 15.7. The molecule has 3 rings (SSSR count). The van der Waals surface area contributed by atoms with Crippen LogP contribution in [0.25, 0.3) is 0 Å². The molecule has 1 aromatic carbocycles. The molecule has 1 amide bonds. The number of nitrogens with zero attached hydrogens (tertiary/aromatic N) is 2. The minimum atomic E-state index is -0.214. The molecule has 0 aliphatic carbocycles. The van der Waals surface area contributed by atoms with E-state index in [-0.39, 0.29) is 11.7 Å². The normalized spacial score (nSPS) is 15.2. The van der Waals surface area contributed by atoms with Crippen molar-refractivity contribution in [2.24, 2.45) is 0 Å². The number of carbonyl (C=O) groups is 1. The Morgan fingerprint density at radius 3 is 2.41 bits per heavy atom. The predicted molar refractivity (Wildman–Crippen MR) is 94.2 cm³/mol. The number of anilines is 1. The van der Waals surface area contributed by atoms with Crippen LogP contribution in [-0.4, -0.2) is 37.0 Å². The van der Waals surface area contributed by atoms with Gasteiger partial charge >= 0.3 is 0 Å². The maximum absolute atomic E-state index is 13.8. The zero-order valence-electron chi connectivity index (χ0n) is 11.6. The Kier molecular flexibility index (Phi) is 4.84. The van der Waals surface area contributed by atoms with Crippen LogP contribution in [-0.2, 0) is 0 Å². The van der Waals surface area contributed by atoms with E-state index < -0.39 is 0 Å². The van der Waals surface area contributed by atoms with Gasteiger partial charge in [0.2, 0.25) is 0 Å². The van der Waals surface area contributed by atoms with E-state index in [1.165, 1.54) is 17.4 Å². The second kappa shape index (κ2) is 6.68. The van der Waals surface area contributed by atoms with E-state index in [2.05, 4.69) is 31.9 Å². The summed E-state index contributed by atoms with van der Waals surface area (Å²) in [5, 5.41) is 0. The minimum absolute atomic E-state index is 0.0320. The molecule has 0 N–H and O–H groups in total. The molecule has 0 atom stereocenters. The number of carbonyl (C=O) groups excluding carboxylic acids is 1. The molecular formula is C15H13Br2FN2OS. The number of rotatable bonds is 2. The highest BCUT2D eigenvalue weighted by atomic mass is 79.9. The van der Waals surface area contributed by atoms with Crippen molar-refractivity contribution >= 4 is 54.8 Å². The lowest BCUT2D eigenvalue weighted by atomic mass is 10.2. The standard InChI is InChI=1S/C15H13Br2FN2OS/c16-10-9-13(22-14(10)17)15(21)20-7-5-19(6-8-20)12-4-2-1-3-11(12)18/h1-4,9H,5-8H2. The van der Waals surface area contributed by atoms with E-state index in [0.29, 0.717) is 36.7 Å². The number of benzene rings is 1. The van der Waals surface area contributed by atoms with Gasteiger partial charge in [-0.15, -0.1) is 11.3 Å². The van der Waals surface area contributed by atoms with Crippen molar-refractivity contribution in [3.05, 3.63) is 49.3 Å². The fourth-order valence-corrected chi connectivity index (χ4v) is 4.47. The summed E-state index contributed by atoms with van der Waals surface area (Å²) in [6.07, 6.45) is 0. The number of piperazine rings is 1. The lowest BCUT2D eigenvalue weighted by Gasteiger charge is -2.36. The maximum Gasteiger partial charge on any atom is 0.264 e. The van der Waals surface area contributed by atoms with Gasteiger partial charge in [0.1, 0.15) is 5.82 Å². The minimum Gasteiger partial charge on any atom is -0.366 e. The van der Waals surface area contributed by atoms with Gasteiger partial charge in [0.25, 0.3) is 5.91 Å². The number of hydrogen-bond donors (Lipinski definition) is 0. The summed E-state index contributed by atoms with van der Waals surface area (Å²) in [5.41, 5.74) is 0.608. The van der Waals surface area contributed by atoms with Crippen LogP contribution in [0.2, 0.25) is 0 Å². The quantitative estimate of drug-likeness (QED) is 0.682. The third-order valence-electron chi connectivity index (χ3n) is 3.62. The second-order valence-electron chi connectivity index (χ2n) is 4.96. The summed E-state index contributed by atoms with van der Waals surface area (Å²) in [4.78, 5) is 17.0. The second-order valence-corrected chi connectivity index (χ2v) is 8.19. The molecule has 0 bridgehead atoms. The summed E-state index contributed by atoms with van der Waals surface area (Å²) in [5.74, 6) is -0.182. The SMILES string of the molecule is O=C(c1cc(Br)c(Br)s1)N1CCN(c2ccccc2F)CC1. The van der Waals surface area contributed by atoms with Gasteiger partial charge in [-0.05, 0) is 50.1 Å². The molecule has 0 saturated carbocycles. The van der Waals surface area contributed by atoms with E-state index >= 15 is 0 Å². The van der Waals surface area contributed by atoms with E-state index in [9.17, 15) is 9.18 Å². The number of thiophene rings is 1. The van der Waals surface area contributed by atoms with E-state index in [1.54, 1.807) is 12.1 Å². The molecule has 0 radical (unpaired) electrons. The average Bonchev–Trinajstić information content (AvgIpc) is 2.87. The average molecular weight is 448 g/mol. The molecule has 0 spiro atoms. The first-order valence-electron chi connectivity index (χ1n) is 6.80. The van der Waals surface area contributed by atoms with Gasteiger partial charge in [0.15, 0.2) is 0 Å². The van der Waals surface area contributed by atoms with Crippen LogP contribution in [0, 0.1) is 5.82 Å². The zero-order valence-corrected chi connectivity index (χ0v) is 15.5. The topological polar surface area (TPSA) is 23.6 Å². The Balaban J connectivity index is 1.67. The first-order valence-corrected chi connectivity index (χ1v) is 9.20. The lowest BCUT2D eigenvalue weighted by molar-refractivity contribution is 0.0751. The van der Waals surface area contributed by atoms with Gasteiger partial charge in [0, 0.05) is 30.7 Å². The molecule has 7 heteroatoms. The van der Waals surface area contributed by atoms with Crippen molar-refractivity contribution < 1.29 is 9.18 Å². The monoisotopic (exact) mass is 446 g/mol. The molecule has 2 heterocycles. The highest BCUT2D eigenvalue weighted by Crippen LogP contribution is 2.33. The van der Waals surface area contributed by atoms with Crippen LogP contribution < -0.4 is 4.90 Å². The third kappa shape index (κ3) is 3.21. The van der Waals surface area contributed by atoms with Gasteiger partial charge < -0.3 is 9.80 Å². The molecule has 1 aromatic heterocycles. The third-order valence-corrected chi connectivity index (χ3v) is 6.86. The summed E-state index contributed by atoms with van der Waals surface area (Å²) in [6, 6.07) is 8.59. The molecule has 3 nitrogen and oxygen atoms in total. The number of amides is 1. The molecule has 1 aliphatic rings. The van der Waals surface area contributed by atoms with E-state index in [0.717, 1.165) is 8.26 Å². The van der Waals surface area contributed by atoms with Crippen LogP contribution in [0.15, 0.2) is 38.6 Å². The van der Waals surface area contributed by atoms with Crippen LogP contribution in [0.5, 0.6) is 0 Å². The summed E-state index contributed by atoms with van der Waals surface area (Å²) in [6.45, 7) is 2.47. The fraction of sp³-hybridized carbons (Fsp3) is 0.267. The molecule has 2 aromatic rings. The van der Waals surface area contributed by atoms with Gasteiger partial charge in [-0.3, -0.25) is 4.79 Å². The van der Waals surface area contributed by atoms with Gasteiger partial charge in [-0.25, -0.2) is 4.39 Å². The highest BCUT2D eigenvalue weighted by molar-refractivity contribution is 9.13. The molecule has 0 unspecified atom stereocenters. The van der Waals surface area contributed by atoms with Gasteiger partial charge in [-0.1, -0.05) is 12.1 Å². The molecule has 116 valence electrons. The molecule has 1 fully saturated rings. The van der Waals surface area contributed by atoms with Crippen molar-refractivity contribution in [1.29, 1.82) is 0 Å². The van der Waals surface area contributed by atoms with Crippen molar-refractivity contribution in [2.75, 3.05) is 31.1 Å². The van der Waals surface area contributed by atoms with Gasteiger partial charge in [-0.2, -0.15) is 0 Å². The largest absolute Gasteiger partial charge is 0.366 e. The smallest absolute Gasteiger partial charge is 0.264 e. The number of halogens is 3. The van der Waals surface area contributed by atoms with Crippen molar-refractivity contribution in [1.82, 2.24) is 4.90 Å². The van der Waals surface area contributed by atoms with Crippen LogP contribution in [0.4, 0.5) is 10.1 Å². The maximum atomic E-state index is 13.8. The van der Waals surface area contributed by atoms with Crippen LogP contribution >= 0.6 is 43.2 Å². The summed E-state index contributed by atoms with van der Waals surface area (Å²) in [7, 11) is 0. The van der Waals surface area contributed by atoms with Crippen molar-refractivity contribution in [3.8, 4) is 0 Å².